The van der Waals surface area contributed by atoms with Crippen molar-refractivity contribution in [1.82, 2.24) is 10.6 Å². The fourth-order valence-corrected chi connectivity index (χ4v) is 2.35. The van der Waals surface area contributed by atoms with Gasteiger partial charge in [-0.15, -0.1) is 0 Å². The Kier molecular flexibility index (Phi) is 5.08. The van der Waals surface area contributed by atoms with Crippen LogP contribution in [0.2, 0.25) is 0 Å². The molecule has 6 nitrogen and oxygen atoms in total. The molecule has 0 aromatic heterocycles. The third-order valence-electron chi connectivity index (χ3n) is 3.79. The highest BCUT2D eigenvalue weighted by atomic mass is 19.1. The Morgan fingerprint density at radius 2 is 1.64 bits per heavy atom. The van der Waals surface area contributed by atoms with Crippen LogP contribution in [-0.2, 0) is 9.59 Å². The quantitative estimate of drug-likeness (QED) is 0.654. The van der Waals surface area contributed by atoms with E-state index >= 15 is 0 Å². The third kappa shape index (κ3) is 3.81. The molecule has 2 rings (SSSR count). The molecule has 0 bridgehead atoms. The molecular formula is C15H18FN3O3. The third-order valence-corrected chi connectivity index (χ3v) is 3.79. The van der Waals surface area contributed by atoms with Crippen LogP contribution in [0.1, 0.15) is 23.2 Å². The number of carbonyl (C=O) groups excluding carboxylic acids is 3. The van der Waals surface area contributed by atoms with Gasteiger partial charge in [0.15, 0.2) is 0 Å². The van der Waals surface area contributed by atoms with Gasteiger partial charge in [0.1, 0.15) is 5.82 Å². The molecule has 0 aliphatic heterocycles. The minimum absolute atomic E-state index is 0.217. The number of carbonyl (C=O) groups is 3. The molecule has 7 heteroatoms. The standard InChI is InChI=1S/C15H18FN3O3/c16-10-3-1-9(2-4-10)14(21)18-7-8-19-15(22)12-6-5-11(12)13(17)20/h1-4,11-12H,5-8H2,(H2,17,20)(H,18,21)(H,19,22)/t11-,12-/m1/s1. The van der Waals surface area contributed by atoms with Crippen LogP contribution in [0, 0.1) is 17.7 Å². The highest BCUT2D eigenvalue weighted by Crippen LogP contribution is 2.33. The summed E-state index contributed by atoms with van der Waals surface area (Å²) >= 11 is 0. The van der Waals surface area contributed by atoms with Crippen molar-refractivity contribution >= 4 is 17.7 Å². The highest BCUT2D eigenvalue weighted by Gasteiger charge is 2.39. The van der Waals surface area contributed by atoms with E-state index in [1.165, 1.54) is 24.3 Å². The van der Waals surface area contributed by atoms with Gasteiger partial charge in [0.05, 0.1) is 0 Å². The second-order valence-electron chi connectivity index (χ2n) is 5.25. The number of halogens is 1. The lowest BCUT2D eigenvalue weighted by Gasteiger charge is -2.32. The van der Waals surface area contributed by atoms with Gasteiger partial charge in [-0.3, -0.25) is 14.4 Å². The molecule has 0 unspecified atom stereocenters. The van der Waals surface area contributed by atoms with Crippen LogP contribution < -0.4 is 16.4 Å². The summed E-state index contributed by atoms with van der Waals surface area (Å²) < 4.78 is 12.7. The topological polar surface area (TPSA) is 101 Å². The van der Waals surface area contributed by atoms with E-state index < -0.39 is 11.7 Å². The van der Waals surface area contributed by atoms with E-state index in [0.29, 0.717) is 18.4 Å². The van der Waals surface area contributed by atoms with Gasteiger partial charge in [-0.2, -0.15) is 0 Å². The predicted molar refractivity (Wildman–Crippen MR) is 77.2 cm³/mol. The summed E-state index contributed by atoms with van der Waals surface area (Å²) in [6, 6.07) is 5.18. The largest absolute Gasteiger partial charge is 0.369 e. The van der Waals surface area contributed by atoms with Gasteiger partial charge < -0.3 is 16.4 Å². The zero-order valence-corrected chi connectivity index (χ0v) is 12.0. The lowest BCUT2D eigenvalue weighted by Crippen LogP contribution is -2.47. The van der Waals surface area contributed by atoms with Gasteiger partial charge >= 0.3 is 0 Å². The van der Waals surface area contributed by atoms with Gasteiger partial charge in [0.25, 0.3) is 5.91 Å². The molecule has 1 aromatic rings. The molecule has 1 aromatic carbocycles. The number of amides is 3. The van der Waals surface area contributed by atoms with Crippen molar-refractivity contribution in [2.75, 3.05) is 13.1 Å². The Morgan fingerprint density at radius 1 is 1.05 bits per heavy atom. The van der Waals surface area contributed by atoms with E-state index in [1.807, 2.05) is 0 Å². The zero-order valence-electron chi connectivity index (χ0n) is 12.0. The van der Waals surface area contributed by atoms with Gasteiger partial charge in [0.2, 0.25) is 11.8 Å². The van der Waals surface area contributed by atoms with E-state index in [1.54, 1.807) is 0 Å². The van der Waals surface area contributed by atoms with Crippen LogP contribution >= 0.6 is 0 Å². The fraction of sp³-hybridized carbons (Fsp3) is 0.400. The summed E-state index contributed by atoms with van der Waals surface area (Å²) in [5, 5.41) is 5.28. The number of rotatable bonds is 6. The maximum Gasteiger partial charge on any atom is 0.251 e. The Bertz CT molecular complexity index is 574. The van der Waals surface area contributed by atoms with Gasteiger partial charge in [-0.1, -0.05) is 0 Å². The molecule has 1 aliphatic rings. The summed E-state index contributed by atoms with van der Waals surface area (Å²) in [5.74, 6) is -2.15. The van der Waals surface area contributed by atoms with Crippen LogP contribution in [-0.4, -0.2) is 30.8 Å². The second kappa shape index (κ2) is 7.02. The number of nitrogens with one attached hydrogen (secondary N) is 2. The van der Waals surface area contributed by atoms with Crippen molar-refractivity contribution in [1.29, 1.82) is 0 Å². The molecule has 1 saturated carbocycles. The molecule has 0 heterocycles. The van der Waals surface area contributed by atoms with Gasteiger partial charge in [-0.25, -0.2) is 4.39 Å². The van der Waals surface area contributed by atoms with Crippen molar-refractivity contribution in [3.05, 3.63) is 35.6 Å². The fourth-order valence-electron chi connectivity index (χ4n) is 2.35. The van der Waals surface area contributed by atoms with Crippen LogP contribution in [0.5, 0.6) is 0 Å². The molecule has 118 valence electrons. The van der Waals surface area contributed by atoms with Crippen molar-refractivity contribution in [3.8, 4) is 0 Å². The van der Waals surface area contributed by atoms with E-state index in [2.05, 4.69) is 10.6 Å². The number of hydrogen-bond donors (Lipinski definition) is 3. The Morgan fingerprint density at radius 3 is 2.18 bits per heavy atom. The van der Waals surface area contributed by atoms with E-state index in [9.17, 15) is 18.8 Å². The first-order chi connectivity index (χ1) is 10.5. The van der Waals surface area contributed by atoms with Crippen LogP contribution in [0.15, 0.2) is 24.3 Å². The SMILES string of the molecule is NC(=O)[C@@H]1CC[C@H]1C(=O)NCCNC(=O)c1ccc(F)cc1. The minimum atomic E-state index is -0.448. The highest BCUT2D eigenvalue weighted by molar-refractivity contribution is 5.94. The van der Waals surface area contributed by atoms with Gasteiger partial charge in [-0.05, 0) is 37.1 Å². The first kappa shape index (κ1) is 15.9. The molecule has 1 aliphatic carbocycles. The normalized spacial score (nSPS) is 19.9. The number of benzene rings is 1. The van der Waals surface area contributed by atoms with E-state index in [0.717, 1.165) is 0 Å². The number of hydrogen-bond acceptors (Lipinski definition) is 3. The molecule has 22 heavy (non-hydrogen) atoms. The van der Waals surface area contributed by atoms with Crippen molar-refractivity contribution in [3.63, 3.8) is 0 Å². The Hall–Kier alpha value is -2.44. The summed E-state index contributed by atoms with van der Waals surface area (Å²) in [6.07, 6.45) is 1.30. The predicted octanol–water partition coefficient (Wildman–Crippen LogP) is 0.183. The molecule has 0 radical (unpaired) electrons. The first-order valence-electron chi connectivity index (χ1n) is 7.10. The molecule has 0 saturated heterocycles. The lowest BCUT2D eigenvalue weighted by molar-refractivity contribution is -0.138. The average Bonchev–Trinajstić information content (AvgIpc) is 2.42. The molecule has 4 N–H and O–H groups in total. The zero-order chi connectivity index (χ0) is 16.1. The second-order valence-corrected chi connectivity index (χ2v) is 5.25. The van der Waals surface area contributed by atoms with Crippen molar-refractivity contribution in [2.45, 2.75) is 12.8 Å². The van der Waals surface area contributed by atoms with Gasteiger partial charge in [0, 0.05) is 30.5 Å². The molecule has 0 spiro atoms. The maximum atomic E-state index is 12.7. The monoisotopic (exact) mass is 307 g/mol. The number of primary amides is 1. The summed E-state index contributed by atoms with van der Waals surface area (Å²) in [5.41, 5.74) is 5.54. The molecule has 3 amide bonds. The smallest absolute Gasteiger partial charge is 0.251 e. The average molecular weight is 307 g/mol. The molecular weight excluding hydrogens is 289 g/mol. The van der Waals surface area contributed by atoms with Crippen molar-refractivity contribution < 1.29 is 18.8 Å². The first-order valence-corrected chi connectivity index (χ1v) is 7.10. The van der Waals surface area contributed by atoms with E-state index in [4.69, 9.17) is 5.73 Å². The summed E-state index contributed by atoms with van der Waals surface area (Å²) in [6.45, 7) is 0.504. The summed E-state index contributed by atoms with van der Waals surface area (Å²) in [7, 11) is 0. The van der Waals surface area contributed by atoms with Crippen LogP contribution in [0.3, 0.4) is 0 Å². The molecule has 2 atom stereocenters. The van der Waals surface area contributed by atoms with Crippen LogP contribution in [0.25, 0.3) is 0 Å². The minimum Gasteiger partial charge on any atom is -0.369 e. The summed E-state index contributed by atoms with van der Waals surface area (Å²) in [4.78, 5) is 34.6. The van der Waals surface area contributed by atoms with Crippen molar-refractivity contribution in [2.24, 2.45) is 17.6 Å². The Labute approximate surface area is 127 Å². The van der Waals surface area contributed by atoms with E-state index in [-0.39, 0.29) is 36.7 Å². The maximum absolute atomic E-state index is 12.7. The Balaban J connectivity index is 1.69. The molecule has 1 fully saturated rings. The van der Waals surface area contributed by atoms with Crippen LogP contribution in [0.4, 0.5) is 4.39 Å². The lowest BCUT2D eigenvalue weighted by atomic mass is 9.72. The number of nitrogens with two attached hydrogens (primary N) is 1.